The van der Waals surface area contributed by atoms with Crippen LogP contribution >= 0.6 is 11.6 Å². The Morgan fingerprint density at radius 3 is 2.72 bits per heavy atom. The molecule has 1 heterocycles. The molecule has 1 N–H and O–H groups in total. The van der Waals surface area contributed by atoms with E-state index in [-0.39, 0.29) is 17.4 Å². The fourth-order valence-electron chi connectivity index (χ4n) is 1.82. The fourth-order valence-corrected chi connectivity index (χ4v) is 2.07. The number of ether oxygens (including phenoxy) is 2. The fraction of sp³-hybridized carbons (Fsp3) is 0.538. The first-order valence-electron chi connectivity index (χ1n) is 5.86. The smallest absolute Gasteiger partial charge is 0.182 e. The number of halogens is 2. The van der Waals surface area contributed by atoms with Gasteiger partial charge in [-0.3, -0.25) is 0 Å². The second kappa shape index (κ2) is 4.94. The lowest BCUT2D eigenvalue weighted by atomic mass is 9.85. The zero-order chi connectivity index (χ0) is 13.3. The van der Waals surface area contributed by atoms with E-state index >= 15 is 0 Å². The molecule has 1 aliphatic rings. The third-order valence-corrected chi connectivity index (χ3v) is 3.38. The van der Waals surface area contributed by atoms with Gasteiger partial charge in [0.2, 0.25) is 0 Å². The second-order valence-electron chi connectivity index (χ2n) is 4.97. The van der Waals surface area contributed by atoms with E-state index in [4.69, 9.17) is 21.1 Å². The summed E-state index contributed by atoms with van der Waals surface area (Å²) in [6.07, 6.45) is 0.728. The van der Waals surface area contributed by atoms with Gasteiger partial charge in [0.1, 0.15) is 10.8 Å². The SMILES string of the molecule is CC(C)(CO)c1cc2c(c(Cl)c1F)OCCCO2. The van der Waals surface area contributed by atoms with Crippen LogP contribution in [-0.2, 0) is 5.41 Å². The first kappa shape index (κ1) is 13.4. The Morgan fingerprint density at radius 1 is 1.39 bits per heavy atom. The van der Waals surface area contributed by atoms with Gasteiger partial charge in [0.05, 0.1) is 19.8 Å². The summed E-state index contributed by atoms with van der Waals surface area (Å²) in [6.45, 7) is 4.26. The van der Waals surface area contributed by atoms with Crippen LogP contribution in [-0.4, -0.2) is 24.9 Å². The van der Waals surface area contributed by atoms with Crippen LogP contribution in [0.1, 0.15) is 25.8 Å². The Bertz CT molecular complexity index is 460. The lowest BCUT2D eigenvalue weighted by molar-refractivity contribution is 0.214. The van der Waals surface area contributed by atoms with Gasteiger partial charge in [0.15, 0.2) is 11.5 Å². The molecular weight excluding hydrogens is 259 g/mol. The summed E-state index contributed by atoms with van der Waals surface area (Å²) in [4.78, 5) is 0. The third kappa shape index (κ3) is 2.27. The zero-order valence-corrected chi connectivity index (χ0v) is 11.2. The minimum atomic E-state index is -0.724. The number of fused-ring (bicyclic) bond motifs is 1. The van der Waals surface area contributed by atoms with Gasteiger partial charge >= 0.3 is 0 Å². The first-order valence-corrected chi connectivity index (χ1v) is 6.24. The topological polar surface area (TPSA) is 38.7 Å². The molecule has 0 saturated heterocycles. The highest BCUT2D eigenvalue weighted by Gasteiger charge is 2.29. The lowest BCUT2D eigenvalue weighted by Gasteiger charge is -2.24. The van der Waals surface area contributed by atoms with Crippen molar-refractivity contribution in [2.24, 2.45) is 0 Å². The molecule has 5 heteroatoms. The van der Waals surface area contributed by atoms with E-state index in [0.29, 0.717) is 24.5 Å². The number of aliphatic hydroxyl groups excluding tert-OH is 1. The Kier molecular flexibility index (Phi) is 3.69. The van der Waals surface area contributed by atoms with Crippen molar-refractivity contribution in [2.75, 3.05) is 19.8 Å². The molecule has 0 amide bonds. The van der Waals surface area contributed by atoms with E-state index < -0.39 is 11.2 Å². The molecule has 0 aromatic heterocycles. The maximum absolute atomic E-state index is 14.2. The standard InChI is InChI=1S/C13H16ClFO3/c1-13(2,7-16)8-6-9-12(10(14)11(8)15)18-5-3-4-17-9/h6,16H,3-5,7H2,1-2H3. The minimum Gasteiger partial charge on any atom is -0.489 e. The molecule has 1 aromatic rings. The Balaban J connectivity index is 2.57. The van der Waals surface area contributed by atoms with Crippen molar-refractivity contribution in [3.8, 4) is 11.5 Å². The van der Waals surface area contributed by atoms with Gasteiger partial charge in [0.25, 0.3) is 0 Å². The normalized spacial score (nSPS) is 15.4. The molecule has 0 fully saturated rings. The van der Waals surface area contributed by atoms with Crippen LogP contribution in [0.4, 0.5) is 4.39 Å². The summed E-state index contributed by atoms with van der Waals surface area (Å²) in [5.74, 6) is 0.138. The summed E-state index contributed by atoms with van der Waals surface area (Å²) in [7, 11) is 0. The van der Waals surface area contributed by atoms with Crippen molar-refractivity contribution in [2.45, 2.75) is 25.7 Å². The second-order valence-corrected chi connectivity index (χ2v) is 5.35. The van der Waals surface area contributed by atoms with Crippen molar-refractivity contribution >= 4 is 11.6 Å². The molecule has 0 saturated carbocycles. The molecule has 0 aliphatic carbocycles. The van der Waals surface area contributed by atoms with E-state index in [1.165, 1.54) is 0 Å². The predicted molar refractivity (Wildman–Crippen MR) is 67.1 cm³/mol. The van der Waals surface area contributed by atoms with Gasteiger partial charge < -0.3 is 14.6 Å². The third-order valence-electron chi connectivity index (χ3n) is 3.04. The van der Waals surface area contributed by atoms with Gasteiger partial charge in [-0.2, -0.15) is 0 Å². The Morgan fingerprint density at radius 2 is 2.06 bits per heavy atom. The summed E-state index contributed by atoms with van der Waals surface area (Å²) in [6, 6.07) is 1.57. The molecule has 3 nitrogen and oxygen atoms in total. The largest absolute Gasteiger partial charge is 0.489 e. The molecule has 100 valence electrons. The summed E-state index contributed by atoms with van der Waals surface area (Å²) < 4.78 is 25.1. The quantitative estimate of drug-likeness (QED) is 0.901. The average Bonchev–Trinajstić information content (AvgIpc) is 2.58. The van der Waals surface area contributed by atoms with Gasteiger partial charge in [0, 0.05) is 17.4 Å². The highest BCUT2D eigenvalue weighted by molar-refractivity contribution is 6.32. The van der Waals surface area contributed by atoms with Crippen LogP contribution in [0.2, 0.25) is 5.02 Å². The van der Waals surface area contributed by atoms with E-state index in [1.807, 2.05) is 0 Å². The van der Waals surface area contributed by atoms with E-state index in [1.54, 1.807) is 19.9 Å². The molecule has 0 spiro atoms. The van der Waals surface area contributed by atoms with E-state index in [9.17, 15) is 9.50 Å². The zero-order valence-electron chi connectivity index (χ0n) is 10.4. The van der Waals surface area contributed by atoms with Crippen LogP contribution in [0.15, 0.2) is 6.07 Å². The molecule has 0 unspecified atom stereocenters. The van der Waals surface area contributed by atoms with Crippen LogP contribution in [0, 0.1) is 5.82 Å². The summed E-state index contributed by atoms with van der Waals surface area (Å²) >= 11 is 5.99. The molecule has 18 heavy (non-hydrogen) atoms. The number of rotatable bonds is 2. The average molecular weight is 275 g/mol. The monoisotopic (exact) mass is 274 g/mol. The molecule has 0 bridgehead atoms. The van der Waals surface area contributed by atoms with Crippen LogP contribution < -0.4 is 9.47 Å². The molecule has 1 aliphatic heterocycles. The maximum atomic E-state index is 14.2. The number of hydrogen-bond donors (Lipinski definition) is 1. The van der Waals surface area contributed by atoms with Crippen molar-refractivity contribution in [3.63, 3.8) is 0 Å². The predicted octanol–water partition coefficient (Wildman–Crippen LogP) is 2.91. The van der Waals surface area contributed by atoms with Crippen molar-refractivity contribution in [3.05, 3.63) is 22.5 Å². The lowest BCUT2D eigenvalue weighted by Crippen LogP contribution is -2.24. The molecular formula is C13H16ClFO3. The Hall–Kier alpha value is -1.00. The van der Waals surface area contributed by atoms with Crippen molar-refractivity contribution in [1.82, 2.24) is 0 Å². The number of aliphatic hydroxyl groups is 1. The Labute approximate surface area is 110 Å². The highest BCUT2D eigenvalue weighted by Crippen LogP contribution is 2.43. The molecule has 2 rings (SSSR count). The van der Waals surface area contributed by atoms with E-state index in [0.717, 1.165) is 6.42 Å². The van der Waals surface area contributed by atoms with Gasteiger partial charge in [-0.25, -0.2) is 4.39 Å². The maximum Gasteiger partial charge on any atom is 0.182 e. The highest BCUT2D eigenvalue weighted by atomic mass is 35.5. The van der Waals surface area contributed by atoms with Crippen LogP contribution in [0.3, 0.4) is 0 Å². The summed E-state index contributed by atoms with van der Waals surface area (Å²) in [5.41, 5.74) is -0.391. The number of hydrogen-bond acceptors (Lipinski definition) is 3. The number of benzene rings is 1. The van der Waals surface area contributed by atoms with E-state index in [2.05, 4.69) is 0 Å². The van der Waals surface area contributed by atoms with Crippen molar-refractivity contribution < 1.29 is 19.0 Å². The van der Waals surface area contributed by atoms with Crippen molar-refractivity contribution in [1.29, 1.82) is 0 Å². The summed E-state index contributed by atoms with van der Waals surface area (Å²) in [5, 5.41) is 9.26. The molecule has 0 radical (unpaired) electrons. The molecule has 1 aromatic carbocycles. The molecule has 0 atom stereocenters. The first-order chi connectivity index (χ1) is 8.47. The van der Waals surface area contributed by atoms with Gasteiger partial charge in [-0.15, -0.1) is 0 Å². The van der Waals surface area contributed by atoms with Crippen LogP contribution in [0.25, 0.3) is 0 Å². The van der Waals surface area contributed by atoms with Crippen LogP contribution in [0.5, 0.6) is 11.5 Å². The van der Waals surface area contributed by atoms with Gasteiger partial charge in [-0.05, 0) is 6.07 Å². The minimum absolute atomic E-state index is 0.0778. The van der Waals surface area contributed by atoms with Gasteiger partial charge in [-0.1, -0.05) is 25.4 Å².